The van der Waals surface area contributed by atoms with Crippen molar-refractivity contribution in [1.82, 2.24) is 5.32 Å². The molecule has 1 aliphatic heterocycles. The molecule has 5 heteroatoms. The third-order valence-electron chi connectivity index (χ3n) is 2.52. The summed E-state index contributed by atoms with van der Waals surface area (Å²) in [5.74, 6) is -0.920. The van der Waals surface area contributed by atoms with Gasteiger partial charge in [0.05, 0.1) is 6.61 Å². The van der Waals surface area contributed by atoms with Crippen LogP contribution in [0, 0.1) is 0 Å². The van der Waals surface area contributed by atoms with Crippen LogP contribution >= 0.6 is 11.8 Å². The van der Waals surface area contributed by atoms with Gasteiger partial charge in [-0.1, -0.05) is 42.1 Å². The van der Waals surface area contributed by atoms with Crippen molar-refractivity contribution in [3.05, 3.63) is 47.0 Å². The normalized spacial score (nSPS) is 23.0. The van der Waals surface area contributed by atoms with E-state index in [4.69, 9.17) is 9.84 Å². The van der Waals surface area contributed by atoms with E-state index in [1.54, 1.807) is 7.11 Å². The predicted octanol–water partition coefficient (Wildman–Crippen LogP) is 1.75. The maximum Gasteiger partial charge on any atom is 0.343 e. The first kappa shape index (κ1) is 12.0. The molecule has 1 unspecified atom stereocenters. The Balaban J connectivity index is 2.29. The first-order valence-electron chi connectivity index (χ1n) is 5.12. The van der Waals surface area contributed by atoms with Crippen molar-refractivity contribution in [3.63, 3.8) is 0 Å². The van der Waals surface area contributed by atoms with Crippen molar-refractivity contribution >= 4 is 17.7 Å². The topological polar surface area (TPSA) is 58.6 Å². The molecule has 1 aliphatic rings. The second-order valence-electron chi connectivity index (χ2n) is 3.69. The lowest BCUT2D eigenvalue weighted by molar-refractivity contribution is -0.131. The summed E-state index contributed by atoms with van der Waals surface area (Å²) in [5, 5.41) is 12.1. The number of benzene rings is 1. The van der Waals surface area contributed by atoms with E-state index >= 15 is 0 Å². The standard InChI is InChI=1S/C12H13NO3S/c1-16-8-12(9-5-3-2-4-6-9)13-7-10(17-12)11(14)15/h2-7,13H,8H2,1H3,(H,14,15). The largest absolute Gasteiger partial charge is 0.477 e. The van der Waals surface area contributed by atoms with Crippen LogP contribution in [-0.4, -0.2) is 24.8 Å². The second-order valence-corrected chi connectivity index (χ2v) is 5.03. The summed E-state index contributed by atoms with van der Waals surface area (Å²) in [5.41, 5.74) is 0.999. The Kier molecular flexibility index (Phi) is 3.40. The summed E-state index contributed by atoms with van der Waals surface area (Å²) in [7, 11) is 1.60. The maximum atomic E-state index is 11.0. The molecule has 1 aromatic rings. The lowest BCUT2D eigenvalue weighted by Gasteiger charge is -2.28. The van der Waals surface area contributed by atoms with Gasteiger partial charge < -0.3 is 15.2 Å². The van der Waals surface area contributed by atoms with Crippen molar-refractivity contribution in [2.45, 2.75) is 4.87 Å². The van der Waals surface area contributed by atoms with Crippen LogP contribution in [-0.2, 0) is 14.4 Å². The molecule has 1 aromatic carbocycles. The molecule has 0 fully saturated rings. The van der Waals surface area contributed by atoms with E-state index < -0.39 is 10.8 Å². The summed E-state index contributed by atoms with van der Waals surface area (Å²) < 4.78 is 5.20. The molecule has 2 N–H and O–H groups in total. The molecule has 4 nitrogen and oxygen atoms in total. The van der Waals surface area contributed by atoms with Gasteiger partial charge in [-0.2, -0.15) is 0 Å². The zero-order valence-corrected chi connectivity index (χ0v) is 10.2. The zero-order valence-electron chi connectivity index (χ0n) is 9.34. The number of ether oxygens (including phenoxy) is 1. The number of aliphatic carboxylic acids is 1. The summed E-state index contributed by atoms with van der Waals surface area (Å²) >= 11 is 1.27. The average molecular weight is 251 g/mol. The van der Waals surface area contributed by atoms with Gasteiger partial charge in [0, 0.05) is 13.3 Å². The number of thioether (sulfide) groups is 1. The Morgan fingerprint density at radius 3 is 2.71 bits per heavy atom. The molecule has 90 valence electrons. The van der Waals surface area contributed by atoms with Crippen molar-refractivity contribution in [1.29, 1.82) is 0 Å². The molecule has 1 atom stereocenters. The van der Waals surface area contributed by atoms with Gasteiger partial charge in [-0.25, -0.2) is 4.79 Å². The molecule has 1 heterocycles. The van der Waals surface area contributed by atoms with Crippen LogP contribution < -0.4 is 5.32 Å². The van der Waals surface area contributed by atoms with Crippen LogP contribution in [0.1, 0.15) is 5.56 Å². The zero-order chi connectivity index (χ0) is 12.3. The molecule has 2 rings (SSSR count). The fourth-order valence-corrected chi connectivity index (χ4v) is 2.87. The number of carbonyl (C=O) groups is 1. The smallest absolute Gasteiger partial charge is 0.343 e. The highest BCUT2D eigenvalue weighted by molar-refractivity contribution is 8.05. The summed E-state index contributed by atoms with van der Waals surface area (Å²) in [6.07, 6.45) is 1.53. The van der Waals surface area contributed by atoms with E-state index in [9.17, 15) is 4.79 Å². The average Bonchev–Trinajstić information content (AvgIpc) is 2.77. The maximum absolute atomic E-state index is 11.0. The van der Waals surface area contributed by atoms with E-state index in [0.717, 1.165) is 5.56 Å². The molecular weight excluding hydrogens is 238 g/mol. The highest BCUT2D eigenvalue weighted by Gasteiger charge is 2.39. The summed E-state index contributed by atoms with van der Waals surface area (Å²) in [6, 6.07) is 9.69. The Hall–Kier alpha value is -1.46. The third kappa shape index (κ3) is 2.30. The first-order chi connectivity index (χ1) is 8.18. The fraction of sp³-hybridized carbons (Fsp3) is 0.250. The van der Waals surface area contributed by atoms with Gasteiger partial charge in [-0.15, -0.1) is 0 Å². The number of rotatable bonds is 4. The van der Waals surface area contributed by atoms with Gasteiger partial charge in [0.1, 0.15) is 9.78 Å². The highest BCUT2D eigenvalue weighted by Crippen LogP contribution is 2.43. The van der Waals surface area contributed by atoms with Crippen LogP contribution in [0.5, 0.6) is 0 Å². The fourth-order valence-electron chi connectivity index (χ4n) is 1.74. The Morgan fingerprint density at radius 1 is 1.47 bits per heavy atom. The lowest BCUT2D eigenvalue weighted by Crippen LogP contribution is -2.37. The minimum Gasteiger partial charge on any atom is -0.477 e. The van der Waals surface area contributed by atoms with Crippen LogP contribution in [0.2, 0.25) is 0 Å². The lowest BCUT2D eigenvalue weighted by atomic mass is 10.1. The minimum atomic E-state index is -0.920. The van der Waals surface area contributed by atoms with Gasteiger partial charge in [0.25, 0.3) is 0 Å². The van der Waals surface area contributed by atoms with Crippen LogP contribution in [0.4, 0.5) is 0 Å². The van der Waals surface area contributed by atoms with Crippen LogP contribution in [0.3, 0.4) is 0 Å². The Morgan fingerprint density at radius 2 is 2.18 bits per heavy atom. The SMILES string of the molecule is COCC1(c2ccccc2)NC=C(C(=O)O)S1. The van der Waals surface area contributed by atoms with Gasteiger partial charge in [0.2, 0.25) is 0 Å². The number of methoxy groups -OCH3 is 1. The highest BCUT2D eigenvalue weighted by atomic mass is 32.2. The van der Waals surface area contributed by atoms with Crippen LogP contribution in [0.25, 0.3) is 0 Å². The molecule has 0 aliphatic carbocycles. The van der Waals surface area contributed by atoms with E-state index in [1.807, 2.05) is 30.3 Å². The molecule has 0 amide bonds. The molecular formula is C12H13NO3S. The van der Waals surface area contributed by atoms with Crippen molar-refractivity contribution in [3.8, 4) is 0 Å². The molecule has 17 heavy (non-hydrogen) atoms. The van der Waals surface area contributed by atoms with Crippen molar-refractivity contribution in [2.24, 2.45) is 0 Å². The summed E-state index contributed by atoms with van der Waals surface area (Å²) in [6.45, 7) is 0.398. The van der Waals surface area contributed by atoms with Crippen molar-refractivity contribution < 1.29 is 14.6 Å². The number of carboxylic acids is 1. The van der Waals surface area contributed by atoms with E-state index in [0.29, 0.717) is 11.5 Å². The minimum absolute atomic E-state index is 0.297. The van der Waals surface area contributed by atoms with Gasteiger partial charge in [-0.05, 0) is 5.56 Å². The Bertz CT molecular complexity index is 446. The van der Waals surface area contributed by atoms with Crippen LogP contribution in [0.15, 0.2) is 41.4 Å². The Labute approximate surface area is 104 Å². The molecule has 0 saturated heterocycles. The van der Waals surface area contributed by atoms with Gasteiger partial charge in [-0.3, -0.25) is 0 Å². The van der Waals surface area contributed by atoms with Crippen molar-refractivity contribution in [2.75, 3.05) is 13.7 Å². The van der Waals surface area contributed by atoms with E-state index in [2.05, 4.69) is 5.32 Å². The second kappa shape index (κ2) is 4.81. The van der Waals surface area contributed by atoms with E-state index in [-0.39, 0.29) is 0 Å². The summed E-state index contributed by atoms with van der Waals surface area (Å²) in [4.78, 5) is 10.7. The molecule has 0 radical (unpaired) electrons. The monoisotopic (exact) mass is 251 g/mol. The predicted molar refractivity (Wildman–Crippen MR) is 66.4 cm³/mol. The van der Waals surface area contributed by atoms with Gasteiger partial charge in [0.15, 0.2) is 0 Å². The third-order valence-corrected chi connectivity index (χ3v) is 3.85. The number of carboxylic acid groups (broad SMARTS) is 1. The number of hydrogen-bond acceptors (Lipinski definition) is 4. The van der Waals surface area contributed by atoms with E-state index in [1.165, 1.54) is 18.0 Å². The first-order valence-corrected chi connectivity index (χ1v) is 5.94. The molecule has 0 aromatic heterocycles. The number of nitrogens with one attached hydrogen (secondary N) is 1. The number of hydrogen-bond donors (Lipinski definition) is 2. The molecule has 0 saturated carbocycles. The quantitative estimate of drug-likeness (QED) is 0.853. The van der Waals surface area contributed by atoms with Gasteiger partial charge >= 0.3 is 5.97 Å². The molecule has 0 bridgehead atoms. The molecule has 0 spiro atoms.